The minimum absolute atomic E-state index is 0.0382. The third kappa shape index (κ3) is 3.92. The van der Waals surface area contributed by atoms with Crippen LogP contribution in [0.4, 0.5) is 4.39 Å². The van der Waals surface area contributed by atoms with Crippen LogP contribution in [0.15, 0.2) is 18.2 Å². The number of carbonyl (C=O) groups is 1. The van der Waals surface area contributed by atoms with Gasteiger partial charge in [-0.1, -0.05) is 13.0 Å². The Hall–Kier alpha value is -1.62. The van der Waals surface area contributed by atoms with Crippen molar-refractivity contribution in [3.8, 4) is 5.75 Å². The van der Waals surface area contributed by atoms with Gasteiger partial charge in [-0.3, -0.25) is 4.79 Å². The molecule has 106 valence electrons. The summed E-state index contributed by atoms with van der Waals surface area (Å²) in [7, 11) is 5.12. The van der Waals surface area contributed by atoms with E-state index < -0.39 is 11.8 Å². The SMILES string of the molecule is COc1ccc(C(C(C)CC(=O)O)N(C)C)cc1F. The fourth-order valence-electron chi connectivity index (χ4n) is 2.39. The topological polar surface area (TPSA) is 49.8 Å². The molecule has 19 heavy (non-hydrogen) atoms. The average molecular weight is 269 g/mol. The summed E-state index contributed by atoms with van der Waals surface area (Å²) in [5.41, 5.74) is 0.747. The Morgan fingerprint density at radius 3 is 2.53 bits per heavy atom. The third-order valence-electron chi connectivity index (χ3n) is 3.11. The van der Waals surface area contributed by atoms with Gasteiger partial charge in [-0.15, -0.1) is 0 Å². The van der Waals surface area contributed by atoms with Gasteiger partial charge in [0.25, 0.3) is 0 Å². The average Bonchev–Trinajstić information content (AvgIpc) is 2.27. The molecule has 0 aliphatic heterocycles. The summed E-state index contributed by atoms with van der Waals surface area (Å²) in [5.74, 6) is -1.23. The number of carboxylic acid groups (broad SMARTS) is 1. The van der Waals surface area contributed by atoms with Crippen molar-refractivity contribution in [2.45, 2.75) is 19.4 Å². The number of methoxy groups -OCH3 is 1. The Bertz CT molecular complexity index is 448. The first-order valence-electron chi connectivity index (χ1n) is 6.08. The molecule has 0 aliphatic rings. The molecule has 0 spiro atoms. The van der Waals surface area contributed by atoms with E-state index in [1.54, 1.807) is 12.1 Å². The first kappa shape index (κ1) is 15.4. The standard InChI is InChI=1S/C14H20FNO3/c1-9(7-13(17)18)14(16(2)3)10-5-6-12(19-4)11(15)8-10/h5-6,8-9,14H,7H2,1-4H3,(H,17,18). The van der Waals surface area contributed by atoms with Gasteiger partial charge in [0.15, 0.2) is 11.6 Å². The summed E-state index contributed by atoms with van der Waals surface area (Å²) in [6.07, 6.45) is 0.0382. The van der Waals surface area contributed by atoms with Crippen molar-refractivity contribution >= 4 is 5.97 Å². The second-order valence-corrected chi connectivity index (χ2v) is 4.88. The summed E-state index contributed by atoms with van der Waals surface area (Å²) in [6.45, 7) is 1.85. The number of aliphatic carboxylic acids is 1. The number of halogens is 1. The predicted octanol–water partition coefficient (Wildman–Crippen LogP) is 2.55. The lowest BCUT2D eigenvalue weighted by atomic mass is 9.91. The minimum Gasteiger partial charge on any atom is -0.494 e. The van der Waals surface area contributed by atoms with Crippen molar-refractivity contribution in [1.29, 1.82) is 0 Å². The molecule has 4 nitrogen and oxygen atoms in total. The van der Waals surface area contributed by atoms with Gasteiger partial charge in [0.05, 0.1) is 7.11 Å². The van der Waals surface area contributed by atoms with E-state index in [0.717, 1.165) is 5.56 Å². The van der Waals surface area contributed by atoms with Gasteiger partial charge in [0, 0.05) is 12.5 Å². The van der Waals surface area contributed by atoms with Crippen molar-refractivity contribution in [2.75, 3.05) is 21.2 Å². The van der Waals surface area contributed by atoms with Crippen LogP contribution >= 0.6 is 0 Å². The molecule has 0 radical (unpaired) electrons. The Morgan fingerprint density at radius 2 is 2.11 bits per heavy atom. The monoisotopic (exact) mass is 269 g/mol. The quantitative estimate of drug-likeness (QED) is 0.862. The number of carboxylic acids is 1. The van der Waals surface area contributed by atoms with Gasteiger partial charge < -0.3 is 14.7 Å². The largest absolute Gasteiger partial charge is 0.494 e. The molecule has 0 saturated carbocycles. The molecule has 2 atom stereocenters. The van der Waals surface area contributed by atoms with Crippen LogP contribution in [0.2, 0.25) is 0 Å². The summed E-state index contributed by atoms with van der Waals surface area (Å²) < 4.78 is 18.6. The predicted molar refractivity (Wildman–Crippen MR) is 70.8 cm³/mol. The molecule has 0 amide bonds. The number of rotatable bonds is 6. The van der Waals surface area contributed by atoms with Gasteiger partial charge in [-0.2, -0.15) is 0 Å². The first-order chi connectivity index (χ1) is 8.86. The summed E-state index contributed by atoms with van der Waals surface area (Å²) >= 11 is 0. The lowest BCUT2D eigenvalue weighted by Gasteiger charge is -2.30. The van der Waals surface area contributed by atoms with Crippen LogP contribution < -0.4 is 4.74 Å². The highest BCUT2D eigenvalue weighted by molar-refractivity contribution is 5.67. The summed E-state index contributed by atoms with van der Waals surface area (Å²) in [5, 5.41) is 8.89. The second-order valence-electron chi connectivity index (χ2n) is 4.88. The van der Waals surface area contributed by atoms with Crippen LogP contribution in [-0.4, -0.2) is 37.2 Å². The summed E-state index contributed by atoms with van der Waals surface area (Å²) in [4.78, 5) is 12.7. The van der Waals surface area contributed by atoms with Gasteiger partial charge in [0.2, 0.25) is 0 Å². The van der Waals surface area contributed by atoms with Crippen molar-refractivity contribution < 1.29 is 19.0 Å². The molecule has 0 saturated heterocycles. The van der Waals surface area contributed by atoms with Crippen LogP contribution in [0.1, 0.15) is 24.9 Å². The minimum atomic E-state index is -0.853. The molecule has 1 rings (SSSR count). The first-order valence-corrected chi connectivity index (χ1v) is 6.08. The number of benzene rings is 1. The molecule has 1 aromatic rings. The van der Waals surface area contributed by atoms with E-state index >= 15 is 0 Å². The Balaban J connectivity index is 3.05. The lowest BCUT2D eigenvalue weighted by Crippen LogP contribution is -2.27. The van der Waals surface area contributed by atoms with Crippen LogP contribution in [0, 0.1) is 11.7 Å². The lowest BCUT2D eigenvalue weighted by molar-refractivity contribution is -0.138. The molecule has 0 aromatic heterocycles. The van der Waals surface area contributed by atoms with Crippen LogP contribution in [0.25, 0.3) is 0 Å². The van der Waals surface area contributed by atoms with E-state index in [4.69, 9.17) is 9.84 Å². The molecule has 0 bridgehead atoms. The normalized spacial score (nSPS) is 14.2. The highest BCUT2D eigenvalue weighted by atomic mass is 19.1. The zero-order valence-corrected chi connectivity index (χ0v) is 11.7. The molecular formula is C14H20FNO3. The van der Waals surface area contributed by atoms with E-state index in [1.807, 2.05) is 25.9 Å². The number of nitrogens with zero attached hydrogens (tertiary/aromatic N) is 1. The Labute approximate surface area is 112 Å². The molecule has 5 heteroatoms. The zero-order chi connectivity index (χ0) is 14.6. The maximum Gasteiger partial charge on any atom is 0.303 e. The highest BCUT2D eigenvalue weighted by Crippen LogP contribution is 2.31. The molecule has 2 unspecified atom stereocenters. The molecule has 1 aromatic carbocycles. The van der Waals surface area contributed by atoms with E-state index in [9.17, 15) is 9.18 Å². The van der Waals surface area contributed by atoms with Crippen LogP contribution in [0.3, 0.4) is 0 Å². The maximum atomic E-state index is 13.7. The Kier molecular flexibility index (Phi) is 5.30. The Morgan fingerprint density at radius 1 is 1.47 bits per heavy atom. The smallest absolute Gasteiger partial charge is 0.303 e. The molecule has 0 fully saturated rings. The van der Waals surface area contributed by atoms with Crippen molar-refractivity contribution in [3.63, 3.8) is 0 Å². The molecule has 1 N–H and O–H groups in total. The third-order valence-corrected chi connectivity index (χ3v) is 3.11. The van der Waals surface area contributed by atoms with Gasteiger partial charge in [-0.25, -0.2) is 4.39 Å². The highest BCUT2D eigenvalue weighted by Gasteiger charge is 2.24. The van der Waals surface area contributed by atoms with E-state index in [1.165, 1.54) is 13.2 Å². The number of hydrogen-bond acceptors (Lipinski definition) is 3. The molecular weight excluding hydrogens is 249 g/mol. The van der Waals surface area contributed by atoms with Gasteiger partial charge in [0.1, 0.15) is 0 Å². The fraction of sp³-hybridized carbons (Fsp3) is 0.500. The van der Waals surface area contributed by atoms with Crippen LogP contribution in [-0.2, 0) is 4.79 Å². The summed E-state index contributed by atoms with van der Waals surface area (Å²) in [6, 6.07) is 4.58. The number of hydrogen-bond donors (Lipinski definition) is 1. The van der Waals surface area contributed by atoms with Gasteiger partial charge in [-0.05, 0) is 37.7 Å². The maximum absolute atomic E-state index is 13.7. The fourth-order valence-corrected chi connectivity index (χ4v) is 2.39. The number of ether oxygens (including phenoxy) is 1. The molecule has 0 heterocycles. The van der Waals surface area contributed by atoms with Crippen molar-refractivity contribution in [2.24, 2.45) is 5.92 Å². The molecule has 0 aliphatic carbocycles. The van der Waals surface area contributed by atoms with Crippen molar-refractivity contribution in [3.05, 3.63) is 29.6 Å². The van der Waals surface area contributed by atoms with Crippen LogP contribution in [0.5, 0.6) is 5.75 Å². The zero-order valence-electron chi connectivity index (χ0n) is 11.7. The van der Waals surface area contributed by atoms with E-state index in [-0.39, 0.29) is 24.1 Å². The van der Waals surface area contributed by atoms with E-state index in [0.29, 0.717) is 0 Å². The van der Waals surface area contributed by atoms with E-state index in [2.05, 4.69) is 0 Å². The van der Waals surface area contributed by atoms with Gasteiger partial charge >= 0.3 is 5.97 Å². The van der Waals surface area contributed by atoms with Crippen molar-refractivity contribution in [1.82, 2.24) is 4.90 Å². The second kappa shape index (κ2) is 6.52.